The summed E-state index contributed by atoms with van der Waals surface area (Å²) in [5.41, 5.74) is 2.09. The molecule has 1 aromatic heterocycles. The SMILES string of the molecule is Cc1cccc(OCC(C)c2nc(-c3ccc(C(F)(F)F)cc3)sc2C)c1. The fourth-order valence-corrected chi connectivity index (χ4v) is 3.84. The zero-order valence-electron chi connectivity index (χ0n) is 15.3. The van der Waals surface area contributed by atoms with Crippen LogP contribution in [0, 0.1) is 13.8 Å². The third kappa shape index (κ3) is 4.69. The topological polar surface area (TPSA) is 22.1 Å². The van der Waals surface area contributed by atoms with Crippen molar-refractivity contribution < 1.29 is 17.9 Å². The number of halogens is 3. The molecule has 0 fully saturated rings. The van der Waals surface area contributed by atoms with E-state index in [9.17, 15) is 13.2 Å². The maximum atomic E-state index is 12.7. The van der Waals surface area contributed by atoms with E-state index in [1.54, 1.807) is 0 Å². The van der Waals surface area contributed by atoms with E-state index >= 15 is 0 Å². The number of nitrogens with zero attached hydrogens (tertiary/aromatic N) is 1. The van der Waals surface area contributed by atoms with Crippen molar-refractivity contribution in [2.75, 3.05) is 6.61 Å². The number of aryl methyl sites for hydroxylation is 2. The molecule has 0 saturated heterocycles. The third-order valence-electron chi connectivity index (χ3n) is 4.25. The van der Waals surface area contributed by atoms with Gasteiger partial charge in [0.1, 0.15) is 10.8 Å². The van der Waals surface area contributed by atoms with Crippen molar-refractivity contribution in [2.45, 2.75) is 32.9 Å². The zero-order valence-corrected chi connectivity index (χ0v) is 16.1. The molecule has 0 N–H and O–H groups in total. The molecule has 1 atom stereocenters. The Morgan fingerprint density at radius 2 is 1.78 bits per heavy atom. The van der Waals surface area contributed by atoms with Crippen LogP contribution in [0.4, 0.5) is 13.2 Å². The molecule has 0 bridgehead atoms. The van der Waals surface area contributed by atoms with Crippen LogP contribution in [0.1, 0.15) is 34.5 Å². The largest absolute Gasteiger partial charge is 0.493 e. The second-order valence-corrected chi connectivity index (χ2v) is 7.77. The van der Waals surface area contributed by atoms with Gasteiger partial charge in [-0.1, -0.05) is 31.2 Å². The Morgan fingerprint density at radius 1 is 1.07 bits per heavy atom. The molecule has 27 heavy (non-hydrogen) atoms. The predicted molar refractivity (Wildman–Crippen MR) is 102 cm³/mol. The molecule has 2 nitrogen and oxygen atoms in total. The lowest BCUT2D eigenvalue weighted by atomic mass is 10.1. The summed E-state index contributed by atoms with van der Waals surface area (Å²) in [7, 11) is 0. The summed E-state index contributed by atoms with van der Waals surface area (Å²) < 4.78 is 44.0. The minimum atomic E-state index is -4.33. The van der Waals surface area contributed by atoms with Crippen LogP contribution in [0.15, 0.2) is 48.5 Å². The maximum Gasteiger partial charge on any atom is 0.416 e. The normalized spacial score (nSPS) is 12.8. The molecule has 0 spiro atoms. The first kappa shape index (κ1) is 19.4. The van der Waals surface area contributed by atoms with Crippen LogP contribution in [-0.4, -0.2) is 11.6 Å². The molecular formula is C21H20F3NOS. The fraction of sp³-hybridized carbons (Fsp3) is 0.286. The van der Waals surface area contributed by atoms with Gasteiger partial charge in [-0.3, -0.25) is 0 Å². The highest BCUT2D eigenvalue weighted by molar-refractivity contribution is 7.15. The zero-order chi connectivity index (χ0) is 19.6. The van der Waals surface area contributed by atoms with E-state index in [1.807, 2.05) is 45.0 Å². The van der Waals surface area contributed by atoms with Crippen LogP contribution in [0.3, 0.4) is 0 Å². The van der Waals surface area contributed by atoms with Crippen LogP contribution in [-0.2, 0) is 6.18 Å². The first-order valence-corrected chi connectivity index (χ1v) is 9.40. The van der Waals surface area contributed by atoms with Crippen molar-refractivity contribution in [3.8, 4) is 16.3 Å². The van der Waals surface area contributed by atoms with Gasteiger partial charge in [-0.2, -0.15) is 13.2 Å². The maximum absolute atomic E-state index is 12.7. The lowest BCUT2D eigenvalue weighted by Gasteiger charge is -2.12. The quantitative estimate of drug-likeness (QED) is 0.487. The van der Waals surface area contributed by atoms with Gasteiger partial charge in [0, 0.05) is 16.4 Å². The number of rotatable bonds is 5. The Bertz CT molecular complexity index is 916. The highest BCUT2D eigenvalue weighted by atomic mass is 32.1. The third-order valence-corrected chi connectivity index (χ3v) is 5.28. The molecule has 3 aromatic rings. The van der Waals surface area contributed by atoms with Crippen molar-refractivity contribution in [2.24, 2.45) is 0 Å². The standard InChI is InChI=1S/C21H20F3NOS/c1-13-5-4-6-18(11-13)26-12-14(2)19-15(3)27-20(25-19)16-7-9-17(10-8-16)21(22,23)24/h4-11,14H,12H2,1-3H3. The van der Waals surface area contributed by atoms with Crippen molar-refractivity contribution in [1.29, 1.82) is 0 Å². The first-order valence-electron chi connectivity index (χ1n) is 8.58. The molecule has 142 valence electrons. The number of hydrogen-bond donors (Lipinski definition) is 0. The molecule has 0 amide bonds. The van der Waals surface area contributed by atoms with Crippen molar-refractivity contribution in [1.82, 2.24) is 4.98 Å². The minimum absolute atomic E-state index is 0.0740. The molecule has 0 aliphatic rings. The molecular weight excluding hydrogens is 371 g/mol. The Labute approximate surface area is 160 Å². The molecule has 3 rings (SSSR count). The Morgan fingerprint density at radius 3 is 2.41 bits per heavy atom. The summed E-state index contributed by atoms with van der Waals surface area (Å²) in [6, 6.07) is 13.0. The van der Waals surface area contributed by atoms with Gasteiger partial charge < -0.3 is 4.74 Å². The van der Waals surface area contributed by atoms with E-state index in [1.165, 1.54) is 23.5 Å². The average Bonchev–Trinajstić information content (AvgIpc) is 3.01. The molecule has 0 saturated carbocycles. The Hall–Kier alpha value is -2.34. The number of benzene rings is 2. The van der Waals surface area contributed by atoms with E-state index in [4.69, 9.17) is 4.74 Å². The molecule has 0 aliphatic heterocycles. The molecule has 0 radical (unpaired) electrons. The van der Waals surface area contributed by atoms with E-state index in [0.717, 1.165) is 39.0 Å². The minimum Gasteiger partial charge on any atom is -0.493 e. The van der Waals surface area contributed by atoms with Crippen LogP contribution in [0.2, 0.25) is 0 Å². The highest BCUT2D eigenvalue weighted by Crippen LogP contribution is 2.34. The van der Waals surface area contributed by atoms with Crippen LogP contribution >= 0.6 is 11.3 Å². The van der Waals surface area contributed by atoms with Crippen molar-refractivity contribution >= 4 is 11.3 Å². The highest BCUT2D eigenvalue weighted by Gasteiger charge is 2.30. The molecule has 1 heterocycles. The van der Waals surface area contributed by atoms with Gasteiger partial charge in [0.2, 0.25) is 0 Å². The summed E-state index contributed by atoms with van der Waals surface area (Å²) >= 11 is 1.49. The monoisotopic (exact) mass is 391 g/mol. The number of ether oxygens (including phenoxy) is 1. The fourth-order valence-electron chi connectivity index (χ4n) is 2.80. The van der Waals surface area contributed by atoms with Crippen molar-refractivity contribution in [3.05, 3.63) is 70.2 Å². The van der Waals surface area contributed by atoms with Crippen molar-refractivity contribution in [3.63, 3.8) is 0 Å². The Kier molecular flexibility index (Phi) is 5.56. The first-order chi connectivity index (χ1) is 12.7. The van der Waals surface area contributed by atoms with E-state index in [-0.39, 0.29) is 5.92 Å². The number of alkyl halides is 3. The van der Waals surface area contributed by atoms with E-state index < -0.39 is 11.7 Å². The van der Waals surface area contributed by atoms with E-state index in [2.05, 4.69) is 4.98 Å². The summed E-state index contributed by atoms with van der Waals surface area (Å²) in [5, 5.41) is 0.721. The second kappa shape index (κ2) is 7.72. The van der Waals surface area contributed by atoms with Gasteiger partial charge >= 0.3 is 6.18 Å². The molecule has 6 heteroatoms. The van der Waals surface area contributed by atoms with Gasteiger partial charge in [-0.05, 0) is 43.7 Å². The van der Waals surface area contributed by atoms with Crippen LogP contribution in [0.25, 0.3) is 10.6 Å². The number of aromatic nitrogens is 1. The van der Waals surface area contributed by atoms with Gasteiger partial charge in [0.05, 0.1) is 17.9 Å². The number of hydrogen-bond acceptors (Lipinski definition) is 3. The van der Waals surface area contributed by atoms with Crippen LogP contribution < -0.4 is 4.74 Å². The van der Waals surface area contributed by atoms with Gasteiger partial charge in [0.15, 0.2) is 0 Å². The lowest BCUT2D eigenvalue weighted by Crippen LogP contribution is -2.08. The lowest BCUT2D eigenvalue weighted by molar-refractivity contribution is -0.137. The molecule has 0 aliphatic carbocycles. The van der Waals surface area contributed by atoms with Crippen LogP contribution in [0.5, 0.6) is 5.75 Å². The summed E-state index contributed by atoms with van der Waals surface area (Å²) in [6.07, 6.45) is -4.33. The predicted octanol–water partition coefficient (Wildman–Crippen LogP) is 6.63. The van der Waals surface area contributed by atoms with E-state index in [0.29, 0.717) is 12.2 Å². The molecule has 2 aromatic carbocycles. The number of thiazole rings is 1. The van der Waals surface area contributed by atoms with Gasteiger partial charge in [-0.25, -0.2) is 4.98 Å². The summed E-state index contributed by atoms with van der Waals surface area (Å²) in [6.45, 7) is 6.51. The average molecular weight is 391 g/mol. The second-order valence-electron chi connectivity index (χ2n) is 6.56. The van der Waals surface area contributed by atoms with Gasteiger partial charge in [0.25, 0.3) is 0 Å². The Balaban J connectivity index is 1.73. The summed E-state index contributed by atoms with van der Waals surface area (Å²) in [5.74, 6) is 0.891. The smallest absolute Gasteiger partial charge is 0.416 e. The van der Waals surface area contributed by atoms with Gasteiger partial charge in [-0.15, -0.1) is 11.3 Å². The molecule has 1 unspecified atom stereocenters. The summed E-state index contributed by atoms with van der Waals surface area (Å²) in [4.78, 5) is 5.71.